The molecule has 4 rings (SSSR count). The van der Waals surface area contributed by atoms with Crippen LogP contribution in [0.2, 0.25) is 0 Å². The van der Waals surface area contributed by atoms with Crippen molar-refractivity contribution < 1.29 is 20.1 Å². The maximum atomic E-state index is 11.7. The number of rotatable bonds is 5. The zero-order valence-corrected chi connectivity index (χ0v) is 19.5. The summed E-state index contributed by atoms with van der Waals surface area (Å²) in [4.78, 5) is 11.1. The Labute approximate surface area is 182 Å². The second kappa shape index (κ2) is 8.06. The van der Waals surface area contributed by atoms with Crippen LogP contribution >= 0.6 is 0 Å². The molecule has 0 bridgehead atoms. The number of aliphatic carboxylic acids is 1. The highest BCUT2D eigenvalue weighted by Gasteiger charge is 2.64. The van der Waals surface area contributed by atoms with Gasteiger partial charge in [-0.3, -0.25) is 4.79 Å². The number of carboxylic acids is 1. The van der Waals surface area contributed by atoms with Crippen molar-refractivity contribution in [2.45, 2.75) is 104 Å². The van der Waals surface area contributed by atoms with Crippen LogP contribution in [-0.2, 0) is 4.79 Å². The third kappa shape index (κ3) is 3.36. The molecule has 0 radical (unpaired) electrons. The summed E-state index contributed by atoms with van der Waals surface area (Å²) in [5, 5.41) is 31.3. The van der Waals surface area contributed by atoms with Gasteiger partial charge in [-0.25, -0.2) is 0 Å². The molecule has 0 spiro atoms. The van der Waals surface area contributed by atoms with E-state index in [0.29, 0.717) is 41.4 Å². The van der Waals surface area contributed by atoms with E-state index >= 15 is 0 Å². The van der Waals surface area contributed by atoms with Gasteiger partial charge in [-0.1, -0.05) is 34.1 Å². The molecule has 0 amide bonds. The Hall–Kier alpha value is -0.610. The van der Waals surface area contributed by atoms with Gasteiger partial charge in [-0.15, -0.1) is 0 Å². The second-order valence-corrected chi connectivity index (χ2v) is 12.0. The maximum absolute atomic E-state index is 11.7. The van der Waals surface area contributed by atoms with Gasteiger partial charge in [0.1, 0.15) is 0 Å². The smallest absolute Gasteiger partial charge is 0.303 e. The average Bonchev–Trinajstić information content (AvgIpc) is 3.05. The topological polar surface area (TPSA) is 77.8 Å². The van der Waals surface area contributed by atoms with Crippen molar-refractivity contribution in [1.82, 2.24) is 0 Å². The monoisotopic (exact) mass is 420 g/mol. The third-order valence-electron chi connectivity index (χ3n) is 11.0. The normalized spacial score (nSPS) is 51.5. The molecule has 0 aliphatic heterocycles. The van der Waals surface area contributed by atoms with Crippen LogP contribution in [0.3, 0.4) is 0 Å². The van der Waals surface area contributed by atoms with Gasteiger partial charge in [0.2, 0.25) is 0 Å². The molecule has 4 nitrogen and oxygen atoms in total. The summed E-state index contributed by atoms with van der Waals surface area (Å²) >= 11 is 0. The minimum atomic E-state index is -0.683. The largest absolute Gasteiger partial charge is 0.481 e. The zero-order valence-electron chi connectivity index (χ0n) is 19.5. The molecule has 0 aromatic heterocycles. The standard InChI is InChI=1S/C26H44O4/c1-5-17-21-14-16(27)10-12-26(21,4)20-11-13-25(3)18(15(2)6-9-22(28)29)7-8-19(25)23(20)24(17)30/h15-21,23-24,27,30H,5-14H2,1-4H3,(H,28,29)/t15-,16-,17-,18-,19+,20+,21?,23-,24-,25?,26-/m1/s1. The van der Waals surface area contributed by atoms with Crippen LogP contribution in [0.25, 0.3) is 0 Å². The van der Waals surface area contributed by atoms with Crippen LogP contribution in [0, 0.1) is 52.3 Å². The first-order valence-corrected chi connectivity index (χ1v) is 12.7. The fraction of sp³-hybridized carbons (Fsp3) is 0.962. The number of carboxylic acid groups (broad SMARTS) is 1. The predicted octanol–water partition coefficient (Wildman–Crippen LogP) is 5.11. The molecular formula is C26H44O4. The molecule has 4 fully saturated rings. The number of carbonyl (C=O) groups is 1. The third-order valence-corrected chi connectivity index (χ3v) is 11.0. The predicted molar refractivity (Wildman–Crippen MR) is 118 cm³/mol. The molecular weight excluding hydrogens is 376 g/mol. The van der Waals surface area contributed by atoms with Crippen molar-refractivity contribution in [3.05, 3.63) is 0 Å². The summed E-state index contributed by atoms with van der Waals surface area (Å²) in [6, 6.07) is 0. The highest BCUT2D eigenvalue weighted by molar-refractivity contribution is 5.66. The molecule has 0 heterocycles. The lowest BCUT2D eigenvalue weighted by Crippen LogP contribution is -2.62. The molecule has 30 heavy (non-hydrogen) atoms. The van der Waals surface area contributed by atoms with E-state index in [4.69, 9.17) is 5.11 Å². The van der Waals surface area contributed by atoms with Gasteiger partial charge in [0.25, 0.3) is 0 Å². The van der Waals surface area contributed by atoms with Crippen molar-refractivity contribution in [3.8, 4) is 0 Å². The Morgan fingerprint density at radius 2 is 1.67 bits per heavy atom. The summed E-state index contributed by atoms with van der Waals surface area (Å²) in [7, 11) is 0. The highest BCUT2D eigenvalue weighted by Crippen LogP contribution is 2.69. The molecule has 0 aromatic carbocycles. The van der Waals surface area contributed by atoms with Gasteiger partial charge in [0, 0.05) is 6.42 Å². The SMILES string of the molecule is CC[C@@H]1C2C[C@H](O)CC[C@]2(C)[C@H]2CCC3(C)[C@@H]([C@H](C)CCC(=O)O)CC[C@H]3[C@H]2[C@@H]1O. The Bertz CT molecular complexity index is 649. The Kier molecular flexibility index (Phi) is 6.07. The molecule has 3 N–H and O–H groups in total. The van der Waals surface area contributed by atoms with E-state index in [-0.39, 0.29) is 29.5 Å². The minimum absolute atomic E-state index is 0.194. The minimum Gasteiger partial charge on any atom is -0.481 e. The first kappa shape index (κ1) is 22.6. The molecule has 4 heteroatoms. The Morgan fingerprint density at radius 3 is 2.33 bits per heavy atom. The fourth-order valence-corrected chi connectivity index (χ4v) is 9.48. The number of fused-ring (bicyclic) bond motifs is 5. The van der Waals surface area contributed by atoms with Crippen LogP contribution in [-0.4, -0.2) is 33.5 Å². The summed E-state index contributed by atoms with van der Waals surface area (Å²) in [6.45, 7) is 9.44. The molecule has 4 aliphatic rings. The lowest BCUT2D eigenvalue weighted by Gasteiger charge is -2.64. The molecule has 0 aromatic rings. The van der Waals surface area contributed by atoms with Crippen molar-refractivity contribution in [2.24, 2.45) is 52.3 Å². The first-order valence-electron chi connectivity index (χ1n) is 12.7. The van der Waals surface area contributed by atoms with Crippen LogP contribution in [0.5, 0.6) is 0 Å². The van der Waals surface area contributed by atoms with E-state index in [2.05, 4.69) is 27.7 Å². The molecule has 0 saturated heterocycles. The van der Waals surface area contributed by atoms with Crippen molar-refractivity contribution >= 4 is 5.97 Å². The maximum Gasteiger partial charge on any atom is 0.303 e. The summed E-state index contributed by atoms with van der Waals surface area (Å²) in [6.07, 6.45) is 9.27. The number of hydrogen-bond acceptors (Lipinski definition) is 3. The molecule has 11 atom stereocenters. The summed E-state index contributed by atoms with van der Waals surface area (Å²) in [5.74, 6) is 2.58. The molecule has 172 valence electrons. The number of aliphatic hydroxyl groups is 2. The van der Waals surface area contributed by atoms with Crippen LogP contribution < -0.4 is 0 Å². The van der Waals surface area contributed by atoms with Crippen molar-refractivity contribution in [3.63, 3.8) is 0 Å². The zero-order chi connectivity index (χ0) is 21.8. The average molecular weight is 421 g/mol. The fourth-order valence-electron chi connectivity index (χ4n) is 9.48. The van der Waals surface area contributed by atoms with Gasteiger partial charge >= 0.3 is 5.97 Å². The Morgan fingerprint density at radius 1 is 1.00 bits per heavy atom. The van der Waals surface area contributed by atoms with Gasteiger partial charge in [0.05, 0.1) is 12.2 Å². The summed E-state index contributed by atoms with van der Waals surface area (Å²) < 4.78 is 0. The van der Waals surface area contributed by atoms with E-state index in [1.165, 1.54) is 25.7 Å². The first-order chi connectivity index (χ1) is 14.1. The van der Waals surface area contributed by atoms with Crippen LogP contribution in [0.15, 0.2) is 0 Å². The lowest BCUT2D eigenvalue weighted by atomic mass is 9.41. The van der Waals surface area contributed by atoms with E-state index in [9.17, 15) is 15.0 Å². The Balaban J connectivity index is 1.61. The molecule has 4 saturated carbocycles. The van der Waals surface area contributed by atoms with Crippen molar-refractivity contribution in [2.75, 3.05) is 0 Å². The molecule has 2 unspecified atom stereocenters. The van der Waals surface area contributed by atoms with Gasteiger partial charge in [0.15, 0.2) is 0 Å². The summed E-state index contributed by atoms with van der Waals surface area (Å²) in [5.41, 5.74) is 0.480. The van der Waals surface area contributed by atoms with Crippen LogP contribution in [0.1, 0.15) is 91.9 Å². The van der Waals surface area contributed by atoms with Gasteiger partial charge < -0.3 is 15.3 Å². The molecule has 4 aliphatic carbocycles. The highest BCUT2D eigenvalue weighted by atomic mass is 16.4. The van der Waals surface area contributed by atoms with Gasteiger partial charge in [-0.05, 0) is 104 Å². The second-order valence-electron chi connectivity index (χ2n) is 12.0. The van der Waals surface area contributed by atoms with E-state index in [0.717, 1.165) is 32.1 Å². The van der Waals surface area contributed by atoms with E-state index in [1.54, 1.807) is 0 Å². The van der Waals surface area contributed by atoms with E-state index in [1.807, 2.05) is 0 Å². The van der Waals surface area contributed by atoms with E-state index < -0.39 is 5.97 Å². The van der Waals surface area contributed by atoms with Crippen LogP contribution in [0.4, 0.5) is 0 Å². The van der Waals surface area contributed by atoms with Crippen molar-refractivity contribution in [1.29, 1.82) is 0 Å². The van der Waals surface area contributed by atoms with Gasteiger partial charge in [-0.2, -0.15) is 0 Å². The number of hydrogen-bond donors (Lipinski definition) is 3. The lowest BCUT2D eigenvalue weighted by molar-refractivity contribution is -0.203. The quantitative estimate of drug-likeness (QED) is 0.577. The number of aliphatic hydroxyl groups excluding tert-OH is 2.